The Hall–Kier alpha value is -6.17. The zero-order valence-electron chi connectivity index (χ0n) is 35.1. The molecule has 2 aromatic heterocycles. The Bertz CT molecular complexity index is 2700. The summed E-state index contributed by atoms with van der Waals surface area (Å²) in [5.74, 6) is 1.99. The Labute approximate surface area is 376 Å². The number of amides is 2. The monoisotopic (exact) mass is 886 g/mol. The lowest BCUT2D eigenvalue weighted by atomic mass is 9.94. The average molecular weight is 888 g/mol. The third-order valence-corrected chi connectivity index (χ3v) is 12.2. The molecular formula is C48H48Cl2N8O5. The van der Waals surface area contributed by atoms with Crippen molar-refractivity contribution in [2.24, 2.45) is 0 Å². The summed E-state index contributed by atoms with van der Waals surface area (Å²) in [6, 6.07) is 24.0. The van der Waals surface area contributed by atoms with Crippen molar-refractivity contribution in [3.8, 4) is 34.4 Å². The van der Waals surface area contributed by atoms with Gasteiger partial charge in [-0.2, -0.15) is 10.4 Å². The van der Waals surface area contributed by atoms with Crippen LogP contribution in [-0.2, 0) is 42.4 Å². The number of nitrogens with one attached hydrogen (secondary N) is 4. The van der Waals surface area contributed by atoms with Gasteiger partial charge in [0.2, 0.25) is 11.8 Å². The lowest BCUT2D eigenvalue weighted by molar-refractivity contribution is -0.120. The first-order valence-corrected chi connectivity index (χ1v) is 21.7. The molecule has 2 saturated heterocycles. The molecule has 0 saturated carbocycles. The molecule has 324 valence electrons. The molecule has 2 atom stereocenters. The van der Waals surface area contributed by atoms with Crippen LogP contribution in [0.25, 0.3) is 22.0 Å². The smallest absolute Gasteiger partial charge is 0.220 e. The van der Waals surface area contributed by atoms with Gasteiger partial charge in [-0.15, -0.1) is 0 Å². The molecule has 8 rings (SSSR count). The number of nitrogens with zero attached hydrogens (tertiary/aromatic N) is 4. The van der Waals surface area contributed by atoms with Crippen molar-refractivity contribution in [3.05, 3.63) is 134 Å². The molecule has 15 heteroatoms. The average Bonchev–Trinajstić information content (AvgIpc) is 4.03. The molecule has 2 aliphatic heterocycles. The summed E-state index contributed by atoms with van der Waals surface area (Å²) in [5.41, 5.74) is 8.93. The fraction of sp³-hybridized carbons (Fsp3) is 0.312. The van der Waals surface area contributed by atoms with Gasteiger partial charge in [-0.25, -0.2) is 0 Å². The van der Waals surface area contributed by atoms with E-state index in [9.17, 15) is 14.9 Å². The standard InChI is InChI=1S/C48H48Cl2N8O5/c1-29-32(28-63-46-17-44(61-2)33(15-42(46)50)21-53-23-36-9-11-47(59)56-36)5-3-6-38(29)39-7-4-8-43-40(39)25-55-58(43)26-35-16-45(62-27-31-13-30(18-51)19-52-20-31)34(14-41(35)49)22-54-24-37-10-12-48(60)57-37/h3-8,13-17,19-20,25,36-37,53-54H,9-12,21-24,26-28H2,1-2H3,(H,56,59)(H,57,60). The van der Waals surface area contributed by atoms with Crippen molar-refractivity contribution in [2.45, 2.75) is 77.5 Å². The number of methoxy groups -OCH3 is 1. The Morgan fingerprint density at radius 1 is 0.778 bits per heavy atom. The summed E-state index contributed by atoms with van der Waals surface area (Å²) in [4.78, 5) is 27.5. The predicted octanol–water partition coefficient (Wildman–Crippen LogP) is 7.54. The number of nitriles is 1. The Balaban J connectivity index is 0.986. The molecule has 2 aliphatic rings. The highest BCUT2D eigenvalue weighted by Crippen LogP contribution is 2.36. The number of benzene rings is 4. The largest absolute Gasteiger partial charge is 0.496 e. The highest BCUT2D eigenvalue weighted by Gasteiger charge is 2.22. The van der Waals surface area contributed by atoms with Gasteiger partial charge in [-0.1, -0.05) is 53.5 Å². The van der Waals surface area contributed by atoms with Gasteiger partial charge in [0, 0.05) is 96.7 Å². The first-order chi connectivity index (χ1) is 30.6. The number of pyridine rings is 1. The lowest BCUT2D eigenvalue weighted by Gasteiger charge is -2.17. The molecule has 4 N–H and O–H groups in total. The van der Waals surface area contributed by atoms with Gasteiger partial charge in [0.15, 0.2) is 0 Å². The zero-order chi connectivity index (χ0) is 43.9. The fourth-order valence-corrected chi connectivity index (χ4v) is 8.66. The Kier molecular flexibility index (Phi) is 13.7. The summed E-state index contributed by atoms with van der Waals surface area (Å²) < 4.78 is 20.4. The van der Waals surface area contributed by atoms with Gasteiger partial charge in [0.05, 0.1) is 36.0 Å². The molecule has 2 amide bonds. The minimum atomic E-state index is 0.0721. The highest BCUT2D eigenvalue weighted by atomic mass is 35.5. The summed E-state index contributed by atoms with van der Waals surface area (Å²) >= 11 is 13.8. The number of ether oxygens (including phenoxy) is 3. The third kappa shape index (κ3) is 10.4. The van der Waals surface area contributed by atoms with Gasteiger partial charge in [-0.3, -0.25) is 19.3 Å². The van der Waals surface area contributed by atoms with E-state index in [0.29, 0.717) is 85.0 Å². The molecular weight excluding hydrogens is 839 g/mol. The van der Waals surface area contributed by atoms with Crippen molar-refractivity contribution in [2.75, 3.05) is 20.2 Å². The second kappa shape index (κ2) is 19.9. The molecule has 2 unspecified atom stereocenters. The van der Waals surface area contributed by atoms with Crippen LogP contribution in [0.5, 0.6) is 17.2 Å². The molecule has 0 spiro atoms. The number of carbonyl (C=O) groups excluding carboxylic acids is 2. The maximum Gasteiger partial charge on any atom is 0.220 e. The van der Waals surface area contributed by atoms with Gasteiger partial charge < -0.3 is 35.5 Å². The number of rotatable bonds is 18. The molecule has 0 aliphatic carbocycles. The number of hydrogen-bond acceptors (Lipinski definition) is 10. The van der Waals surface area contributed by atoms with Crippen LogP contribution in [0.4, 0.5) is 0 Å². The predicted molar refractivity (Wildman–Crippen MR) is 242 cm³/mol. The first kappa shape index (κ1) is 43.5. The number of aromatic nitrogens is 3. The van der Waals surface area contributed by atoms with Crippen LogP contribution in [0.1, 0.15) is 64.6 Å². The van der Waals surface area contributed by atoms with Crippen LogP contribution in [0.3, 0.4) is 0 Å². The van der Waals surface area contributed by atoms with E-state index in [2.05, 4.69) is 63.5 Å². The van der Waals surface area contributed by atoms with E-state index in [1.807, 2.05) is 47.3 Å². The van der Waals surface area contributed by atoms with Gasteiger partial charge in [0.25, 0.3) is 0 Å². The number of hydrogen-bond donors (Lipinski definition) is 4. The van der Waals surface area contributed by atoms with E-state index in [0.717, 1.165) is 68.3 Å². The number of halogens is 2. The minimum Gasteiger partial charge on any atom is -0.496 e. The second-order valence-electron chi connectivity index (χ2n) is 15.9. The molecule has 2 fully saturated rings. The van der Waals surface area contributed by atoms with Crippen LogP contribution >= 0.6 is 23.2 Å². The molecule has 4 heterocycles. The van der Waals surface area contributed by atoms with Crippen molar-refractivity contribution in [1.29, 1.82) is 5.26 Å². The lowest BCUT2D eigenvalue weighted by Crippen LogP contribution is -2.35. The summed E-state index contributed by atoms with van der Waals surface area (Å²) in [6.07, 6.45) is 7.81. The SMILES string of the molecule is COc1cc(OCc2cccc(-c3cccc4c3cnn4Cc3cc(OCc4cncc(C#N)c4)c(CNCC4CCC(=O)N4)cc3Cl)c2C)c(Cl)cc1CNCC1CCC(=O)N1. The maximum absolute atomic E-state index is 11.7. The van der Waals surface area contributed by atoms with Crippen molar-refractivity contribution >= 4 is 45.9 Å². The van der Waals surface area contributed by atoms with Crippen molar-refractivity contribution in [3.63, 3.8) is 0 Å². The van der Waals surface area contributed by atoms with Crippen molar-refractivity contribution in [1.82, 2.24) is 36.0 Å². The number of fused-ring (bicyclic) bond motifs is 1. The summed E-state index contributed by atoms with van der Waals surface area (Å²) in [7, 11) is 1.63. The van der Waals surface area contributed by atoms with Crippen LogP contribution in [-0.4, -0.2) is 58.9 Å². The normalized spacial score (nSPS) is 15.9. The molecule has 0 bridgehead atoms. The van der Waals surface area contributed by atoms with Crippen molar-refractivity contribution < 1.29 is 23.8 Å². The molecule has 4 aromatic carbocycles. The van der Waals surface area contributed by atoms with Gasteiger partial charge in [-0.05, 0) is 77.9 Å². The molecule has 13 nitrogen and oxygen atoms in total. The van der Waals surface area contributed by atoms with Crippen LogP contribution < -0.4 is 35.5 Å². The zero-order valence-corrected chi connectivity index (χ0v) is 36.6. The van der Waals surface area contributed by atoms with E-state index in [-0.39, 0.29) is 30.5 Å². The van der Waals surface area contributed by atoms with E-state index in [1.54, 1.807) is 19.4 Å². The van der Waals surface area contributed by atoms with Crippen LogP contribution in [0.2, 0.25) is 10.0 Å². The summed E-state index contributed by atoms with van der Waals surface area (Å²) in [6.45, 7) is 5.28. The molecule has 6 aromatic rings. The van der Waals surface area contributed by atoms with Gasteiger partial charge in [0.1, 0.15) is 36.5 Å². The third-order valence-electron chi connectivity index (χ3n) is 11.6. The molecule has 63 heavy (non-hydrogen) atoms. The van der Waals surface area contributed by atoms with Crippen LogP contribution in [0, 0.1) is 18.3 Å². The van der Waals surface area contributed by atoms with E-state index in [4.69, 9.17) is 42.5 Å². The van der Waals surface area contributed by atoms with Gasteiger partial charge >= 0.3 is 0 Å². The molecule has 0 radical (unpaired) electrons. The number of carbonyl (C=O) groups is 2. The highest BCUT2D eigenvalue weighted by molar-refractivity contribution is 6.32. The topological polar surface area (TPSA) is 164 Å². The maximum atomic E-state index is 11.7. The van der Waals surface area contributed by atoms with E-state index in [1.165, 1.54) is 6.20 Å². The second-order valence-corrected chi connectivity index (χ2v) is 16.7. The van der Waals surface area contributed by atoms with E-state index >= 15 is 0 Å². The summed E-state index contributed by atoms with van der Waals surface area (Å²) in [5, 5.41) is 29.1. The quantitative estimate of drug-likeness (QED) is 0.0678. The Morgan fingerprint density at radius 2 is 1.46 bits per heavy atom. The van der Waals surface area contributed by atoms with Crippen LogP contribution in [0.15, 0.2) is 85.3 Å². The first-order valence-electron chi connectivity index (χ1n) is 21.0. The minimum absolute atomic E-state index is 0.0721. The fourth-order valence-electron chi connectivity index (χ4n) is 8.17. The van der Waals surface area contributed by atoms with E-state index < -0.39 is 0 Å². The Morgan fingerprint density at radius 3 is 2.16 bits per heavy atom.